The number of nitrogens with zero attached hydrogens (tertiary/aromatic N) is 1. The van der Waals surface area contributed by atoms with E-state index in [0.717, 1.165) is 12.8 Å². The van der Waals surface area contributed by atoms with E-state index >= 15 is 0 Å². The van der Waals surface area contributed by atoms with Gasteiger partial charge in [-0.3, -0.25) is 4.79 Å². The lowest BCUT2D eigenvalue weighted by molar-refractivity contribution is 0.378. The van der Waals surface area contributed by atoms with E-state index in [4.69, 9.17) is 11.6 Å². The molecule has 1 saturated carbocycles. The van der Waals surface area contributed by atoms with Crippen molar-refractivity contribution in [3.63, 3.8) is 0 Å². The fourth-order valence-electron chi connectivity index (χ4n) is 2.26. The van der Waals surface area contributed by atoms with Crippen molar-refractivity contribution < 1.29 is 0 Å². The summed E-state index contributed by atoms with van der Waals surface area (Å²) in [7, 11) is 0. The van der Waals surface area contributed by atoms with Crippen LogP contribution in [0, 0.1) is 5.41 Å². The van der Waals surface area contributed by atoms with Gasteiger partial charge in [0.05, 0.1) is 11.9 Å². The fraction of sp³-hybridized carbons (Fsp3) is 0.636. The molecule has 2 N–H and O–H groups in total. The predicted octanol–water partition coefficient (Wildman–Crippen LogP) is 2.41. The van der Waals surface area contributed by atoms with E-state index in [9.17, 15) is 4.79 Å². The highest BCUT2D eigenvalue weighted by Crippen LogP contribution is 2.38. The monoisotopic (exact) mass is 241 g/mol. The van der Waals surface area contributed by atoms with Crippen LogP contribution in [0.1, 0.15) is 33.1 Å². The predicted molar refractivity (Wildman–Crippen MR) is 64.9 cm³/mol. The number of aromatic amines is 1. The summed E-state index contributed by atoms with van der Waals surface area (Å²) in [6.45, 7) is 4.51. The third-order valence-corrected chi connectivity index (χ3v) is 3.50. The van der Waals surface area contributed by atoms with Crippen molar-refractivity contribution in [2.45, 2.75) is 39.2 Å². The second kappa shape index (κ2) is 4.09. The van der Waals surface area contributed by atoms with Crippen molar-refractivity contribution in [3.05, 3.63) is 21.6 Å². The first kappa shape index (κ1) is 11.5. The van der Waals surface area contributed by atoms with Gasteiger partial charge in [0, 0.05) is 6.04 Å². The van der Waals surface area contributed by atoms with Gasteiger partial charge in [-0.05, 0) is 24.7 Å². The first-order chi connectivity index (χ1) is 7.48. The second-order valence-electron chi connectivity index (χ2n) is 5.18. The molecular weight excluding hydrogens is 226 g/mol. The number of H-pyrrole nitrogens is 1. The van der Waals surface area contributed by atoms with Crippen LogP contribution in [0.5, 0.6) is 0 Å². The standard InChI is InChI=1S/C11H16ClN3O/c1-11(2)4-3-7(5-11)14-8-6-13-15-10(16)9(8)12/h6-7H,3-5H2,1-2H3,(H2,14,15,16). The van der Waals surface area contributed by atoms with E-state index in [2.05, 4.69) is 29.4 Å². The SMILES string of the molecule is CC1(C)CCC(Nc2cn[nH]c(=O)c2Cl)C1. The Balaban J connectivity index is 2.11. The molecule has 0 bridgehead atoms. The average Bonchev–Trinajstić information content (AvgIpc) is 2.53. The molecule has 1 fully saturated rings. The Morgan fingerprint density at radius 2 is 2.38 bits per heavy atom. The van der Waals surface area contributed by atoms with Gasteiger partial charge in [-0.1, -0.05) is 25.4 Å². The van der Waals surface area contributed by atoms with Gasteiger partial charge in [-0.2, -0.15) is 5.10 Å². The van der Waals surface area contributed by atoms with Gasteiger partial charge >= 0.3 is 0 Å². The van der Waals surface area contributed by atoms with E-state index in [0.29, 0.717) is 17.1 Å². The van der Waals surface area contributed by atoms with Crippen LogP contribution in [0.15, 0.2) is 11.0 Å². The highest BCUT2D eigenvalue weighted by atomic mass is 35.5. The normalized spacial score (nSPS) is 23.3. The minimum absolute atomic E-state index is 0.194. The van der Waals surface area contributed by atoms with E-state index < -0.39 is 0 Å². The summed E-state index contributed by atoms with van der Waals surface area (Å²) >= 11 is 5.90. The van der Waals surface area contributed by atoms with Crippen LogP contribution in [-0.2, 0) is 0 Å². The number of nitrogens with one attached hydrogen (secondary N) is 2. The molecule has 1 aromatic heterocycles. The molecule has 0 aliphatic heterocycles. The molecule has 88 valence electrons. The van der Waals surface area contributed by atoms with Crippen molar-refractivity contribution in [1.29, 1.82) is 0 Å². The largest absolute Gasteiger partial charge is 0.380 e. The van der Waals surface area contributed by atoms with Gasteiger partial charge in [-0.25, -0.2) is 5.10 Å². The quantitative estimate of drug-likeness (QED) is 0.836. The van der Waals surface area contributed by atoms with Gasteiger partial charge in [0.15, 0.2) is 0 Å². The summed E-state index contributed by atoms with van der Waals surface area (Å²) in [6.07, 6.45) is 4.96. The van der Waals surface area contributed by atoms with Crippen molar-refractivity contribution in [2.24, 2.45) is 5.41 Å². The van der Waals surface area contributed by atoms with Crippen molar-refractivity contribution in [2.75, 3.05) is 5.32 Å². The number of hydrogen-bond donors (Lipinski definition) is 2. The van der Waals surface area contributed by atoms with Gasteiger partial charge in [0.25, 0.3) is 5.56 Å². The number of hydrogen-bond acceptors (Lipinski definition) is 3. The lowest BCUT2D eigenvalue weighted by Gasteiger charge is -2.18. The minimum Gasteiger partial charge on any atom is -0.380 e. The van der Waals surface area contributed by atoms with E-state index in [-0.39, 0.29) is 10.6 Å². The van der Waals surface area contributed by atoms with Crippen molar-refractivity contribution >= 4 is 17.3 Å². The summed E-state index contributed by atoms with van der Waals surface area (Å²) in [5.41, 5.74) is 0.663. The third-order valence-electron chi connectivity index (χ3n) is 3.12. The van der Waals surface area contributed by atoms with Crippen LogP contribution in [0.4, 0.5) is 5.69 Å². The molecule has 5 heteroatoms. The molecule has 4 nitrogen and oxygen atoms in total. The van der Waals surface area contributed by atoms with E-state index in [1.165, 1.54) is 6.42 Å². The summed E-state index contributed by atoms with van der Waals surface area (Å²) < 4.78 is 0. The molecule has 16 heavy (non-hydrogen) atoms. The molecule has 1 heterocycles. The number of halogens is 1. The molecule has 1 aliphatic carbocycles. The lowest BCUT2D eigenvalue weighted by Crippen LogP contribution is -2.20. The topological polar surface area (TPSA) is 57.8 Å². The Morgan fingerprint density at radius 1 is 1.62 bits per heavy atom. The Bertz CT molecular complexity index is 441. The van der Waals surface area contributed by atoms with Crippen LogP contribution < -0.4 is 10.9 Å². The summed E-state index contributed by atoms with van der Waals surface area (Å²) in [5, 5.41) is 9.53. The molecule has 1 aromatic rings. The van der Waals surface area contributed by atoms with Gasteiger partial charge in [-0.15, -0.1) is 0 Å². The van der Waals surface area contributed by atoms with Crippen LogP contribution in [0.3, 0.4) is 0 Å². The van der Waals surface area contributed by atoms with Crippen LogP contribution in [-0.4, -0.2) is 16.2 Å². The van der Waals surface area contributed by atoms with Gasteiger partial charge < -0.3 is 5.32 Å². The fourth-order valence-corrected chi connectivity index (χ4v) is 2.41. The Kier molecular flexibility index (Phi) is 2.93. The van der Waals surface area contributed by atoms with Gasteiger partial charge in [0.2, 0.25) is 0 Å². The number of rotatable bonds is 2. The molecule has 1 atom stereocenters. The zero-order valence-electron chi connectivity index (χ0n) is 9.51. The first-order valence-electron chi connectivity index (χ1n) is 5.48. The summed E-state index contributed by atoms with van der Waals surface area (Å²) in [4.78, 5) is 11.3. The highest BCUT2D eigenvalue weighted by molar-refractivity contribution is 6.32. The zero-order valence-corrected chi connectivity index (χ0v) is 10.3. The summed E-state index contributed by atoms with van der Waals surface area (Å²) in [5.74, 6) is 0. The Labute approximate surface area is 99.4 Å². The molecule has 0 amide bonds. The molecule has 0 spiro atoms. The molecule has 1 unspecified atom stereocenters. The maximum Gasteiger partial charge on any atom is 0.285 e. The maximum atomic E-state index is 11.3. The number of anilines is 1. The van der Waals surface area contributed by atoms with Crippen LogP contribution in [0.25, 0.3) is 0 Å². The molecule has 0 radical (unpaired) electrons. The molecule has 0 saturated heterocycles. The third kappa shape index (κ3) is 2.38. The van der Waals surface area contributed by atoms with Crippen molar-refractivity contribution in [1.82, 2.24) is 10.2 Å². The van der Waals surface area contributed by atoms with Crippen LogP contribution in [0.2, 0.25) is 5.02 Å². The number of aromatic nitrogens is 2. The van der Waals surface area contributed by atoms with Crippen LogP contribution >= 0.6 is 11.6 Å². The van der Waals surface area contributed by atoms with Gasteiger partial charge in [0.1, 0.15) is 5.02 Å². The minimum atomic E-state index is -0.344. The average molecular weight is 242 g/mol. The molecule has 1 aliphatic rings. The maximum absolute atomic E-state index is 11.3. The van der Waals surface area contributed by atoms with Crippen molar-refractivity contribution in [3.8, 4) is 0 Å². The highest BCUT2D eigenvalue weighted by Gasteiger charge is 2.31. The Hall–Kier alpha value is -1.03. The first-order valence-corrected chi connectivity index (χ1v) is 5.85. The lowest BCUT2D eigenvalue weighted by atomic mass is 9.92. The van der Waals surface area contributed by atoms with E-state index in [1.807, 2.05) is 0 Å². The smallest absolute Gasteiger partial charge is 0.285 e. The molecule has 2 rings (SSSR count). The zero-order chi connectivity index (χ0) is 11.8. The molecular formula is C11H16ClN3O. The summed E-state index contributed by atoms with van der Waals surface area (Å²) in [6, 6.07) is 0.385. The van der Waals surface area contributed by atoms with E-state index in [1.54, 1.807) is 6.20 Å². The second-order valence-corrected chi connectivity index (χ2v) is 5.55. The molecule has 0 aromatic carbocycles. The Morgan fingerprint density at radius 3 is 3.00 bits per heavy atom.